The predicted octanol–water partition coefficient (Wildman–Crippen LogP) is 1.39. The second-order valence-electron chi connectivity index (χ2n) is 8.10. The summed E-state index contributed by atoms with van der Waals surface area (Å²) in [6.45, 7) is -9.13. The average Bonchev–Trinajstić information content (AvgIpc) is 3.21. The van der Waals surface area contributed by atoms with Crippen molar-refractivity contribution in [1.82, 2.24) is 15.1 Å². The van der Waals surface area contributed by atoms with Gasteiger partial charge in [-0.2, -0.15) is 0 Å². The van der Waals surface area contributed by atoms with Gasteiger partial charge in [0.2, 0.25) is 17.7 Å². The molecule has 3 aliphatic rings. The summed E-state index contributed by atoms with van der Waals surface area (Å²) in [6.07, 6.45) is 0.403. The van der Waals surface area contributed by atoms with Gasteiger partial charge in [-0.3, -0.25) is 24.5 Å². The first-order chi connectivity index (χ1) is 18.7. The van der Waals surface area contributed by atoms with Crippen LogP contribution in [0.3, 0.4) is 0 Å². The van der Waals surface area contributed by atoms with Crippen LogP contribution in [-0.2, 0) is 38.8 Å². The van der Waals surface area contributed by atoms with Gasteiger partial charge in [0.05, 0.1) is 21.3 Å². The normalized spacial score (nSPS) is 27.5. The Balaban J connectivity index is 1.26. The van der Waals surface area contributed by atoms with Crippen LogP contribution in [0.4, 0.5) is 0 Å². The SMILES string of the molecule is [2H]C1([2H])OC([2H])([2H])C([2H])([2H])N(Cc2ccc(COc3cccc4c3CN(C3CCC(=O)NC3=O)C4=O)cc2)C1=O. The minimum absolute atomic E-state index is 0.103. The van der Waals surface area contributed by atoms with Crippen LogP contribution in [-0.4, -0.2) is 59.1 Å². The smallest absolute Gasteiger partial charge is 0.255 e. The number of ether oxygens (including phenoxy) is 2. The van der Waals surface area contributed by atoms with Gasteiger partial charge in [-0.05, 0) is 29.7 Å². The molecule has 2 fully saturated rings. The molecule has 0 radical (unpaired) electrons. The number of hydrogen-bond acceptors (Lipinski definition) is 6. The van der Waals surface area contributed by atoms with Gasteiger partial charge >= 0.3 is 0 Å². The monoisotopic (exact) mass is 469 g/mol. The van der Waals surface area contributed by atoms with Crippen molar-refractivity contribution in [2.45, 2.75) is 38.6 Å². The van der Waals surface area contributed by atoms with Crippen LogP contribution in [0.1, 0.15) is 48.1 Å². The quantitative estimate of drug-likeness (QED) is 0.641. The van der Waals surface area contributed by atoms with Crippen molar-refractivity contribution in [3.8, 4) is 5.75 Å². The summed E-state index contributed by atoms with van der Waals surface area (Å²) in [7, 11) is 0. The standard InChI is InChI=1S/C25H25N3O6/c29-22-9-8-20(24(31)26-22)28-13-19-18(25(28)32)2-1-3-21(19)34-14-17-6-4-16(5-7-17)12-27-10-11-33-15-23(27)30/h1-7,20H,8-15H2,(H,26,29,31)/i10D2,11D2,15D2. The van der Waals surface area contributed by atoms with E-state index in [-0.39, 0.29) is 44.4 Å². The number of imide groups is 1. The highest BCUT2D eigenvalue weighted by Gasteiger charge is 2.40. The number of carbonyl (C=O) groups is 4. The van der Waals surface area contributed by atoms with Crippen LogP contribution in [0.15, 0.2) is 42.5 Å². The minimum atomic E-state index is -3.07. The molecular formula is C25H25N3O6. The third-order valence-electron chi connectivity index (χ3n) is 5.91. The molecule has 1 unspecified atom stereocenters. The molecule has 176 valence electrons. The summed E-state index contributed by atoms with van der Waals surface area (Å²) < 4.78 is 57.4. The van der Waals surface area contributed by atoms with Crippen LogP contribution in [0.5, 0.6) is 5.75 Å². The lowest BCUT2D eigenvalue weighted by Gasteiger charge is -2.29. The second-order valence-corrected chi connectivity index (χ2v) is 8.10. The molecule has 2 aromatic rings. The third kappa shape index (κ3) is 4.38. The van der Waals surface area contributed by atoms with Gasteiger partial charge in [-0.25, -0.2) is 0 Å². The maximum Gasteiger partial charge on any atom is 0.255 e. The fourth-order valence-electron chi connectivity index (χ4n) is 4.14. The fourth-order valence-corrected chi connectivity index (χ4v) is 4.14. The van der Waals surface area contributed by atoms with Crippen LogP contribution in [0.2, 0.25) is 0 Å². The lowest BCUT2D eigenvalue weighted by atomic mass is 10.0. The first kappa shape index (κ1) is 16.0. The Kier molecular flexibility index (Phi) is 4.36. The third-order valence-corrected chi connectivity index (χ3v) is 5.91. The Morgan fingerprint density at radius 2 is 1.88 bits per heavy atom. The van der Waals surface area contributed by atoms with E-state index in [0.29, 0.717) is 32.9 Å². The first-order valence-corrected chi connectivity index (χ1v) is 10.7. The number of nitrogens with one attached hydrogen (secondary N) is 1. The number of fused-ring (bicyclic) bond motifs is 1. The molecule has 0 bridgehead atoms. The van der Waals surface area contributed by atoms with E-state index in [2.05, 4.69) is 10.1 Å². The maximum absolute atomic E-state index is 13.0. The van der Waals surface area contributed by atoms with E-state index in [1.54, 1.807) is 42.5 Å². The predicted molar refractivity (Wildman–Crippen MR) is 119 cm³/mol. The zero-order valence-corrected chi connectivity index (χ0v) is 18.0. The number of rotatable bonds is 6. The molecule has 2 aromatic carbocycles. The molecule has 34 heavy (non-hydrogen) atoms. The summed E-state index contributed by atoms with van der Waals surface area (Å²) in [5.41, 5.74) is 2.18. The number of morpholine rings is 1. The summed E-state index contributed by atoms with van der Waals surface area (Å²) in [4.78, 5) is 51.2. The molecule has 2 saturated heterocycles. The Labute approximate surface area is 205 Å². The molecule has 1 atom stereocenters. The van der Waals surface area contributed by atoms with Gasteiger partial charge in [-0.15, -0.1) is 0 Å². The van der Waals surface area contributed by atoms with Crippen molar-refractivity contribution in [2.75, 3.05) is 19.6 Å². The average molecular weight is 470 g/mol. The topological polar surface area (TPSA) is 105 Å². The summed E-state index contributed by atoms with van der Waals surface area (Å²) in [5.74, 6) is -2.04. The summed E-state index contributed by atoms with van der Waals surface area (Å²) in [5, 5.41) is 2.27. The van der Waals surface area contributed by atoms with Gasteiger partial charge < -0.3 is 19.3 Å². The van der Waals surface area contributed by atoms with Crippen molar-refractivity contribution in [1.29, 1.82) is 0 Å². The van der Waals surface area contributed by atoms with Crippen molar-refractivity contribution in [2.24, 2.45) is 0 Å². The molecule has 1 N–H and O–H groups in total. The Bertz CT molecular complexity index is 1400. The Hall–Kier alpha value is -3.72. The maximum atomic E-state index is 13.0. The Morgan fingerprint density at radius 1 is 1.09 bits per heavy atom. The molecule has 9 heteroatoms. The molecule has 0 aliphatic carbocycles. The van der Waals surface area contributed by atoms with E-state index in [9.17, 15) is 19.2 Å². The zero-order chi connectivity index (χ0) is 29.0. The van der Waals surface area contributed by atoms with E-state index in [1.165, 1.54) is 4.90 Å². The summed E-state index contributed by atoms with van der Waals surface area (Å²) in [6, 6.07) is 10.8. The highest BCUT2D eigenvalue weighted by atomic mass is 16.5. The van der Waals surface area contributed by atoms with Gasteiger partial charge in [-0.1, -0.05) is 30.3 Å². The minimum Gasteiger partial charge on any atom is -0.489 e. The van der Waals surface area contributed by atoms with Crippen molar-refractivity contribution >= 4 is 23.6 Å². The molecule has 3 aliphatic heterocycles. The number of carbonyl (C=O) groups excluding carboxylic acids is 4. The van der Waals surface area contributed by atoms with Crippen molar-refractivity contribution in [3.05, 3.63) is 64.7 Å². The molecule has 0 aromatic heterocycles. The molecule has 3 heterocycles. The lowest BCUT2D eigenvalue weighted by Crippen LogP contribution is -2.52. The fraction of sp³-hybridized carbons (Fsp3) is 0.360. The highest BCUT2D eigenvalue weighted by molar-refractivity contribution is 6.05. The molecular weight excluding hydrogens is 438 g/mol. The first-order valence-electron chi connectivity index (χ1n) is 13.7. The van der Waals surface area contributed by atoms with Crippen molar-refractivity contribution in [3.63, 3.8) is 0 Å². The molecule has 5 rings (SSSR count). The Morgan fingerprint density at radius 3 is 2.68 bits per heavy atom. The molecule has 0 spiro atoms. The van der Waals surface area contributed by atoms with Gasteiger partial charge in [0, 0.05) is 30.6 Å². The van der Waals surface area contributed by atoms with E-state index < -0.39 is 37.5 Å². The molecule has 4 amide bonds. The molecule has 9 nitrogen and oxygen atoms in total. The number of benzene rings is 2. The van der Waals surface area contributed by atoms with Crippen LogP contribution < -0.4 is 10.1 Å². The van der Waals surface area contributed by atoms with E-state index in [0.717, 1.165) is 0 Å². The number of nitrogens with zero attached hydrogens (tertiary/aromatic N) is 2. The van der Waals surface area contributed by atoms with Gasteiger partial charge in [0.1, 0.15) is 25.0 Å². The van der Waals surface area contributed by atoms with Crippen LogP contribution in [0.25, 0.3) is 0 Å². The number of amides is 4. The highest BCUT2D eigenvalue weighted by Crippen LogP contribution is 2.34. The number of hydrogen-bond donors (Lipinski definition) is 1. The molecule has 0 saturated carbocycles. The second kappa shape index (κ2) is 9.26. The largest absolute Gasteiger partial charge is 0.489 e. The zero-order valence-electron chi connectivity index (χ0n) is 24.0. The van der Waals surface area contributed by atoms with Crippen molar-refractivity contribution < 1.29 is 36.9 Å². The van der Waals surface area contributed by atoms with Gasteiger partial charge in [0.25, 0.3) is 5.91 Å². The van der Waals surface area contributed by atoms with Crippen LogP contribution >= 0.6 is 0 Å². The van der Waals surface area contributed by atoms with E-state index in [1.807, 2.05) is 0 Å². The van der Waals surface area contributed by atoms with Gasteiger partial charge in [0.15, 0.2) is 0 Å². The summed E-state index contributed by atoms with van der Waals surface area (Å²) >= 11 is 0. The number of piperidine rings is 1. The van der Waals surface area contributed by atoms with Crippen LogP contribution in [0, 0.1) is 0 Å². The van der Waals surface area contributed by atoms with E-state index in [4.69, 9.17) is 13.0 Å². The van der Waals surface area contributed by atoms with E-state index >= 15 is 0 Å². The lowest BCUT2D eigenvalue weighted by molar-refractivity contribution is -0.143.